The summed E-state index contributed by atoms with van der Waals surface area (Å²) in [6.07, 6.45) is 0. The van der Waals surface area contributed by atoms with Crippen molar-refractivity contribution in [3.05, 3.63) is 35.0 Å². The van der Waals surface area contributed by atoms with Gasteiger partial charge in [0.15, 0.2) is 16.6 Å². The zero-order valence-electron chi connectivity index (χ0n) is 16.5. The van der Waals surface area contributed by atoms with Crippen molar-refractivity contribution in [1.82, 2.24) is 10.6 Å². The molecule has 0 fully saturated rings. The van der Waals surface area contributed by atoms with Crippen molar-refractivity contribution in [2.75, 3.05) is 19.8 Å². The standard InChI is InChI=1S/C20H28N2O4S/c1-6-24-15-9-8-14(10-16(15)25-7-2)18-17(13(5)21-20(27)22-18)19(23)26-11-12(3)4/h8-10,12,18H,6-7,11H2,1-5H3,(H2,21,22,27). The van der Waals surface area contributed by atoms with E-state index in [1.165, 1.54) is 0 Å². The third-order valence-electron chi connectivity index (χ3n) is 3.94. The van der Waals surface area contributed by atoms with E-state index in [2.05, 4.69) is 10.6 Å². The van der Waals surface area contributed by atoms with Gasteiger partial charge in [-0.2, -0.15) is 0 Å². The normalized spacial score (nSPS) is 16.7. The van der Waals surface area contributed by atoms with Crippen molar-refractivity contribution in [2.45, 2.75) is 40.7 Å². The first kappa shape index (κ1) is 21.0. The lowest BCUT2D eigenvalue weighted by Gasteiger charge is -2.30. The van der Waals surface area contributed by atoms with E-state index >= 15 is 0 Å². The summed E-state index contributed by atoms with van der Waals surface area (Å²) >= 11 is 5.29. The van der Waals surface area contributed by atoms with Crippen LogP contribution >= 0.6 is 12.2 Å². The Morgan fingerprint density at radius 2 is 1.85 bits per heavy atom. The van der Waals surface area contributed by atoms with Gasteiger partial charge in [-0.05, 0) is 56.6 Å². The summed E-state index contributed by atoms with van der Waals surface area (Å²) in [7, 11) is 0. The maximum Gasteiger partial charge on any atom is 0.338 e. The van der Waals surface area contributed by atoms with Gasteiger partial charge in [-0.15, -0.1) is 0 Å². The molecule has 0 spiro atoms. The minimum atomic E-state index is -0.423. The maximum absolute atomic E-state index is 12.7. The van der Waals surface area contributed by atoms with Gasteiger partial charge >= 0.3 is 5.97 Å². The van der Waals surface area contributed by atoms with E-state index in [0.29, 0.717) is 47.7 Å². The molecule has 1 heterocycles. The summed E-state index contributed by atoms with van der Waals surface area (Å²) in [5, 5.41) is 6.64. The van der Waals surface area contributed by atoms with Crippen molar-refractivity contribution in [3.8, 4) is 11.5 Å². The van der Waals surface area contributed by atoms with Crippen LogP contribution in [0.5, 0.6) is 11.5 Å². The van der Waals surface area contributed by atoms with Crippen molar-refractivity contribution >= 4 is 23.3 Å². The topological polar surface area (TPSA) is 68.8 Å². The fraction of sp³-hybridized carbons (Fsp3) is 0.500. The van der Waals surface area contributed by atoms with Crippen LogP contribution in [0.4, 0.5) is 0 Å². The Balaban J connectivity index is 2.40. The first-order valence-corrected chi connectivity index (χ1v) is 9.63. The summed E-state index contributed by atoms with van der Waals surface area (Å²) < 4.78 is 16.8. The Morgan fingerprint density at radius 1 is 1.19 bits per heavy atom. The molecule has 0 bridgehead atoms. The molecule has 2 N–H and O–H groups in total. The molecule has 0 saturated carbocycles. The highest BCUT2D eigenvalue weighted by atomic mass is 32.1. The van der Waals surface area contributed by atoms with Crippen molar-refractivity contribution in [2.24, 2.45) is 5.92 Å². The highest BCUT2D eigenvalue weighted by Gasteiger charge is 2.31. The van der Waals surface area contributed by atoms with Gasteiger partial charge in [-0.1, -0.05) is 19.9 Å². The first-order valence-electron chi connectivity index (χ1n) is 9.22. The third-order valence-corrected chi connectivity index (χ3v) is 4.16. The van der Waals surface area contributed by atoms with Crippen molar-refractivity contribution in [1.29, 1.82) is 0 Å². The van der Waals surface area contributed by atoms with Gasteiger partial charge in [-0.3, -0.25) is 0 Å². The molecule has 0 radical (unpaired) electrons. The maximum atomic E-state index is 12.7. The number of hydrogen-bond acceptors (Lipinski definition) is 5. The highest BCUT2D eigenvalue weighted by Crippen LogP contribution is 2.34. The zero-order valence-corrected chi connectivity index (χ0v) is 17.4. The molecule has 0 aromatic heterocycles. The molecule has 6 nitrogen and oxygen atoms in total. The highest BCUT2D eigenvalue weighted by molar-refractivity contribution is 7.80. The summed E-state index contributed by atoms with van der Waals surface area (Å²) in [5.41, 5.74) is 2.04. The monoisotopic (exact) mass is 392 g/mol. The predicted octanol–water partition coefficient (Wildman–Crippen LogP) is 3.48. The van der Waals surface area contributed by atoms with Gasteiger partial charge in [-0.25, -0.2) is 4.79 Å². The fourth-order valence-electron chi connectivity index (χ4n) is 2.78. The van der Waals surface area contributed by atoms with Gasteiger partial charge in [0.25, 0.3) is 0 Å². The van der Waals surface area contributed by atoms with Gasteiger partial charge in [0.2, 0.25) is 0 Å². The van der Waals surface area contributed by atoms with Gasteiger partial charge in [0, 0.05) is 5.70 Å². The van der Waals surface area contributed by atoms with E-state index in [9.17, 15) is 4.79 Å². The molecule has 1 aromatic rings. The number of thiocarbonyl (C=S) groups is 1. The SMILES string of the molecule is CCOc1ccc(C2NC(=S)NC(C)=C2C(=O)OCC(C)C)cc1OCC. The van der Waals surface area contributed by atoms with E-state index in [1.807, 2.05) is 52.8 Å². The van der Waals surface area contributed by atoms with E-state index in [0.717, 1.165) is 5.56 Å². The summed E-state index contributed by atoms with van der Waals surface area (Å²) in [5.74, 6) is 1.20. The molecular weight excluding hydrogens is 364 g/mol. The minimum Gasteiger partial charge on any atom is -0.490 e. The number of carbonyl (C=O) groups is 1. The molecule has 1 atom stereocenters. The number of esters is 1. The number of carbonyl (C=O) groups excluding carboxylic acids is 1. The second-order valence-corrected chi connectivity index (χ2v) is 7.04. The Kier molecular flexibility index (Phi) is 7.47. The number of allylic oxidation sites excluding steroid dienone is 1. The lowest BCUT2D eigenvalue weighted by molar-refractivity contribution is -0.140. The van der Waals surface area contributed by atoms with E-state index in [4.69, 9.17) is 26.4 Å². The molecule has 0 saturated heterocycles. The first-order chi connectivity index (χ1) is 12.9. The summed E-state index contributed by atoms with van der Waals surface area (Å²) in [4.78, 5) is 12.7. The third kappa shape index (κ3) is 5.35. The van der Waals surface area contributed by atoms with Crippen LogP contribution in [0.3, 0.4) is 0 Å². The number of rotatable bonds is 8. The molecule has 1 aromatic carbocycles. The minimum absolute atomic E-state index is 0.258. The van der Waals surface area contributed by atoms with Crippen molar-refractivity contribution < 1.29 is 19.0 Å². The molecule has 2 rings (SSSR count). The lowest BCUT2D eigenvalue weighted by atomic mass is 9.95. The molecule has 1 aliphatic heterocycles. The number of ether oxygens (including phenoxy) is 3. The molecule has 148 valence electrons. The Hall–Kier alpha value is -2.28. The van der Waals surface area contributed by atoms with Crippen molar-refractivity contribution in [3.63, 3.8) is 0 Å². The number of nitrogens with one attached hydrogen (secondary N) is 2. The van der Waals surface area contributed by atoms with E-state index in [-0.39, 0.29) is 11.9 Å². The Labute approximate surface area is 166 Å². The van der Waals surface area contributed by atoms with Crippen LogP contribution in [0.15, 0.2) is 29.5 Å². The molecule has 27 heavy (non-hydrogen) atoms. The average Bonchev–Trinajstić information content (AvgIpc) is 2.61. The average molecular weight is 393 g/mol. The summed E-state index contributed by atoms with van der Waals surface area (Å²) in [6.45, 7) is 11.1. The second kappa shape index (κ2) is 9.60. The Bertz CT molecular complexity index is 731. The van der Waals surface area contributed by atoms with Gasteiger partial charge in [0.05, 0.1) is 31.4 Å². The fourth-order valence-corrected chi connectivity index (χ4v) is 3.05. The van der Waals surface area contributed by atoms with Crippen LogP contribution in [-0.2, 0) is 9.53 Å². The zero-order chi connectivity index (χ0) is 20.0. The van der Waals surface area contributed by atoms with Crippen LogP contribution in [0.2, 0.25) is 0 Å². The van der Waals surface area contributed by atoms with Crippen LogP contribution in [0.1, 0.15) is 46.2 Å². The van der Waals surface area contributed by atoms with Crippen LogP contribution in [0, 0.1) is 5.92 Å². The predicted molar refractivity (Wildman–Crippen MR) is 109 cm³/mol. The quantitative estimate of drug-likeness (QED) is 0.518. The molecule has 7 heteroatoms. The molecule has 0 amide bonds. The number of benzene rings is 1. The molecular formula is C20H28N2O4S. The molecule has 1 aliphatic rings. The molecule has 1 unspecified atom stereocenters. The number of hydrogen-bond donors (Lipinski definition) is 2. The van der Waals surface area contributed by atoms with Gasteiger partial charge < -0.3 is 24.8 Å². The van der Waals surface area contributed by atoms with E-state index < -0.39 is 6.04 Å². The Morgan fingerprint density at radius 3 is 2.48 bits per heavy atom. The van der Waals surface area contributed by atoms with E-state index in [1.54, 1.807) is 0 Å². The second-order valence-electron chi connectivity index (χ2n) is 6.63. The molecule has 0 aliphatic carbocycles. The lowest BCUT2D eigenvalue weighted by Crippen LogP contribution is -2.45. The van der Waals surface area contributed by atoms with Gasteiger partial charge in [0.1, 0.15) is 0 Å². The van der Waals surface area contributed by atoms with Crippen LogP contribution < -0.4 is 20.1 Å². The van der Waals surface area contributed by atoms with Crippen LogP contribution in [0.25, 0.3) is 0 Å². The smallest absolute Gasteiger partial charge is 0.338 e. The summed E-state index contributed by atoms with van der Waals surface area (Å²) in [6, 6.07) is 5.21. The largest absolute Gasteiger partial charge is 0.490 e. The van der Waals surface area contributed by atoms with Crippen LogP contribution in [-0.4, -0.2) is 30.9 Å².